The molecule has 0 heterocycles. The Kier molecular flexibility index (Phi) is 2.85. The van der Waals surface area contributed by atoms with Crippen LogP contribution in [-0.2, 0) is 0 Å². The van der Waals surface area contributed by atoms with E-state index in [9.17, 15) is 5.11 Å². The highest BCUT2D eigenvalue weighted by atomic mass is 16.3. The maximum atomic E-state index is 9.96. The van der Waals surface area contributed by atoms with Crippen molar-refractivity contribution in [3.8, 4) is 5.75 Å². The molecule has 4 atom stereocenters. The smallest absolute Gasteiger partial charge is 0.119 e. The predicted molar refractivity (Wildman–Crippen MR) is 70.1 cm³/mol. The fourth-order valence-corrected chi connectivity index (χ4v) is 4.17. The highest BCUT2D eigenvalue weighted by molar-refractivity contribution is 5.35. The molecular formula is C16H22O. The third-order valence-corrected chi connectivity index (χ3v) is 5.14. The molecule has 4 unspecified atom stereocenters. The van der Waals surface area contributed by atoms with Crippen molar-refractivity contribution in [3.05, 3.63) is 29.8 Å². The number of benzene rings is 1. The molecule has 0 spiro atoms. The Bertz CT molecular complexity index is 398. The molecule has 0 aromatic heterocycles. The van der Waals surface area contributed by atoms with E-state index >= 15 is 0 Å². The van der Waals surface area contributed by atoms with Crippen molar-refractivity contribution < 1.29 is 5.11 Å². The maximum absolute atomic E-state index is 9.96. The number of para-hydroxylation sites is 1. The van der Waals surface area contributed by atoms with Gasteiger partial charge in [0.15, 0.2) is 0 Å². The number of hydrogen-bond donors (Lipinski definition) is 1. The number of rotatable bonds is 1. The number of phenols is 1. The van der Waals surface area contributed by atoms with Crippen LogP contribution in [0.2, 0.25) is 0 Å². The summed E-state index contributed by atoms with van der Waals surface area (Å²) in [6.07, 6.45) is 6.76. The van der Waals surface area contributed by atoms with E-state index in [-0.39, 0.29) is 0 Å². The predicted octanol–water partition coefficient (Wildman–Crippen LogP) is 4.32. The monoisotopic (exact) mass is 230 g/mol. The largest absolute Gasteiger partial charge is 0.508 e. The summed E-state index contributed by atoms with van der Waals surface area (Å²) in [5.41, 5.74) is 1.19. The van der Waals surface area contributed by atoms with Crippen LogP contribution in [0.4, 0.5) is 0 Å². The van der Waals surface area contributed by atoms with Crippen LogP contribution in [-0.4, -0.2) is 5.11 Å². The zero-order valence-corrected chi connectivity index (χ0v) is 10.6. The van der Waals surface area contributed by atoms with Gasteiger partial charge in [0, 0.05) is 0 Å². The van der Waals surface area contributed by atoms with E-state index in [1.54, 1.807) is 0 Å². The molecule has 0 saturated heterocycles. The van der Waals surface area contributed by atoms with Gasteiger partial charge in [-0.3, -0.25) is 0 Å². The molecule has 0 radical (unpaired) electrons. The maximum Gasteiger partial charge on any atom is 0.119 e. The lowest BCUT2D eigenvalue weighted by molar-refractivity contribution is 0.215. The molecule has 0 amide bonds. The molecule has 3 rings (SSSR count). The van der Waals surface area contributed by atoms with Gasteiger partial charge in [0.1, 0.15) is 5.75 Å². The van der Waals surface area contributed by atoms with Gasteiger partial charge < -0.3 is 5.11 Å². The summed E-state index contributed by atoms with van der Waals surface area (Å²) in [5, 5.41) is 9.96. The van der Waals surface area contributed by atoms with Crippen LogP contribution in [0, 0.1) is 17.8 Å². The van der Waals surface area contributed by atoms with E-state index in [0.717, 1.165) is 17.8 Å². The van der Waals surface area contributed by atoms with Gasteiger partial charge in [-0.1, -0.05) is 31.5 Å². The van der Waals surface area contributed by atoms with Crippen molar-refractivity contribution in [2.45, 2.75) is 44.9 Å². The first-order valence-corrected chi connectivity index (χ1v) is 7.03. The van der Waals surface area contributed by atoms with Crippen LogP contribution in [0.5, 0.6) is 5.75 Å². The third-order valence-electron chi connectivity index (χ3n) is 5.14. The molecule has 0 aliphatic heterocycles. The van der Waals surface area contributed by atoms with E-state index in [2.05, 4.69) is 19.1 Å². The van der Waals surface area contributed by atoms with Crippen molar-refractivity contribution in [1.29, 1.82) is 0 Å². The van der Waals surface area contributed by atoms with Gasteiger partial charge >= 0.3 is 0 Å². The summed E-state index contributed by atoms with van der Waals surface area (Å²) in [5.74, 6) is 3.93. The Labute approximate surface area is 104 Å². The molecule has 1 nitrogen and oxygen atoms in total. The summed E-state index contributed by atoms with van der Waals surface area (Å²) in [6, 6.07) is 7.91. The van der Waals surface area contributed by atoms with Crippen molar-refractivity contribution in [2.75, 3.05) is 0 Å². The topological polar surface area (TPSA) is 20.2 Å². The van der Waals surface area contributed by atoms with Crippen LogP contribution in [0.25, 0.3) is 0 Å². The van der Waals surface area contributed by atoms with E-state index < -0.39 is 0 Å². The number of fused-ring (bicyclic) bond motifs is 1. The lowest BCUT2D eigenvalue weighted by Crippen LogP contribution is -2.22. The second-order valence-corrected chi connectivity index (χ2v) is 6.05. The number of hydrogen-bond acceptors (Lipinski definition) is 1. The lowest BCUT2D eigenvalue weighted by atomic mass is 9.71. The zero-order chi connectivity index (χ0) is 11.8. The minimum Gasteiger partial charge on any atom is -0.508 e. The first-order valence-electron chi connectivity index (χ1n) is 7.03. The Morgan fingerprint density at radius 2 is 1.88 bits per heavy atom. The van der Waals surface area contributed by atoms with Crippen molar-refractivity contribution in [1.82, 2.24) is 0 Å². The summed E-state index contributed by atoms with van der Waals surface area (Å²) in [7, 11) is 0. The fourth-order valence-electron chi connectivity index (χ4n) is 4.17. The molecule has 2 aliphatic rings. The lowest BCUT2D eigenvalue weighted by Gasteiger charge is -2.34. The van der Waals surface area contributed by atoms with Gasteiger partial charge in [-0.05, 0) is 61.0 Å². The van der Waals surface area contributed by atoms with E-state index in [1.165, 1.54) is 37.7 Å². The van der Waals surface area contributed by atoms with Crippen LogP contribution in [0.3, 0.4) is 0 Å². The first kappa shape index (κ1) is 11.1. The molecule has 2 aliphatic carbocycles. The van der Waals surface area contributed by atoms with Gasteiger partial charge in [0.25, 0.3) is 0 Å². The Balaban J connectivity index is 1.77. The highest BCUT2D eigenvalue weighted by Gasteiger charge is 2.38. The Morgan fingerprint density at radius 3 is 2.71 bits per heavy atom. The van der Waals surface area contributed by atoms with Gasteiger partial charge in [0.05, 0.1) is 0 Å². The number of phenolic OH excluding ortho intramolecular Hbond substituents is 1. The Hall–Kier alpha value is -0.980. The molecule has 2 saturated carbocycles. The number of aromatic hydroxyl groups is 1. The zero-order valence-electron chi connectivity index (χ0n) is 10.6. The quantitative estimate of drug-likeness (QED) is 0.761. The molecule has 1 heteroatoms. The molecule has 1 aromatic carbocycles. The van der Waals surface area contributed by atoms with Crippen molar-refractivity contribution >= 4 is 0 Å². The molecule has 92 valence electrons. The first-order chi connectivity index (χ1) is 8.25. The molecule has 0 bridgehead atoms. The standard InChI is InChI=1S/C16H22O/c1-11-6-7-12-10-13(8-9-14(11)12)15-4-2-3-5-16(15)17/h2-5,11-14,17H,6-10H2,1H3. The van der Waals surface area contributed by atoms with Crippen molar-refractivity contribution in [2.24, 2.45) is 17.8 Å². The van der Waals surface area contributed by atoms with Gasteiger partial charge in [-0.25, -0.2) is 0 Å². The highest BCUT2D eigenvalue weighted by Crippen LogP contribution is 2.50. The molecular weight excluding hydrogens is 208 g/mol. The van der Waals surface area contributed by atoms with E-state index in [4.69, 9.17) is 0 Å². The average Bonchev–Trinajstić information content (AvgIpc) is 2.71. The molecule has 17 heavy (non-hydrogen) atoms. The SMILES string of the molecule is CC1CCC2CC(c3ccccc3O)CCC12. The summed E-state index contributed by atoms with van der Waals surface area (Å²) >= 11 is 0. The van der Waals surface area contributed by atoms with Gasteiger partial charge in [-0.2, -0.15) is 0 Å². The summed E-state index contributed by atoms with van der Waals surface area (Å²) in [4.78, 5) is 0. The summed E-state index contributed by atoms with van der Waals surface area (Å²) in [6.45, 7) is 2.42. The van der Waals surface area contributed by atoms with Crippen LogP contribution >= 0.6 is 0 Å². The minimum atomic E-state index is 0.502. The molecule has 1 N–H and O–H groups in total. The van der Waals surface area contributed by atoms with Crippen molar-refractivity contribution in [3.63, 3.8) is 0 Å². The molecule has 1 aromatic rings. The van der Waals surface area contributed by atoms with Crippen LogP contribution in [0.15, 0.2) is 24.3 Å². The van der Waals surface area contributed by atoms with Crippen LogP contribution in [0.1, 0.15) is 50.5 Å². The van der Waals surface area contributed by atoms with Crippen LogP contribution < -0.4 is 0 Å². The summed E-state index contributed by atoms with van der Waals surface area (Å²) < 4.78 is 0. The van der Waals surface area contributed by atoms with Gasteiger partial charge in [0.2, 0.25) is 0 Å². The second-order valence-electron chi connectivity index (χ2n) is 6.05. The van der Waals surface area contributed by atoms with Gasteiger partial charge in [-0.15, -0.1) is 0 Å². The second kappa shape index (κ2) is 4.36. The normalized spacial score (nSPS) is 36.8. The Morgan fingerprint density at radius 1 is 1.06 bits per heavy atom. The average molecular weight is 230 g/mol. The third kappa shape index (κ3) is 1.96. The minimum absolute atomic E-state index is 0.502. The van der Waals surface area contributed by atoms with E-state index in [0.29, 0.717) is 11.7 Å². The molecule has 2 fully saturated rings. The fraction of sp³-hybridized carbons (Fsp3) is 0.625. The van der Waals surface area contributed by atoms with E-state index in [1.807, 2.05) is 12.1 Å².